The molecule has 0 amide bonds. The Hall–Kier alpha value is -0.0800. The van der Waals surface area contributed by atoms with Gasteiger partial charge >= 0.3 is 0 Å². The predicted molar refractivity (Wildman–Crippen MR) is 55.7 cm³/mol. The molecular formula is C11H23NO. The molecule has 13 heavy (non-hydrogen) atoms. The average Bonchev–Trinajstić information content (AvgIpc) is 2.21. The van der Waals surface area contributed by atoms with Gasteiger partial charge in [-0.25, -0.2) is 0 Å². The van der Waals surface area contributed by atoms with E-state index < -0.39 is 0 Å². The van der Waals surface area contributed by atoms with Crippen LogP contribution in [-0.2, 0) is 0 Å². The smallest absolute Gasteiger partial charge is 0.0431 e. The van der Waals surface area contributed by atoms with Gasteiger partial charge in [-0.1, -0.05) is 19.3 Å². The molecule has 1 saturated carbocycles. The van der Waals surface area contributed by atoms with E-state index in [9.17, 15) is 0 Å². The molecule has 1 unspecified atom stereocenters. The maximum atomic E-state index is 8.78. The summed E-state index contributed by atoms with van der Waals surface area (Å²) in [4.78, 5) is 0. The van der Waals surface area contributed by atoms with Crippen LogP contribution in [0.15, 0.2) is 0 Å². The average molecular weight is 185 g/mol. The topological polar surface area (TPSA) is 32.3 Å². The van der Waals surface area contributed by atoms with Crippen molar-refractivity contribution in [1.29, 1.82) is 0 Å². The minimum atomic E-state index is 0.338. The van der Waals surface area contributed by atoms with Crippen LogP contribution in [0, 0.1) is 5.92 Å². The van der Waals surface area contributed by atoms with E-state index in [1.165, 1.54) is 32.1 Å². The molecule has 78 valence electrons. The zero-order valence-electron chi connectivity index (χ0n) is 8.76. The fourth-order valence-electron chi connectivity index (χ4n) is 2.46. The van der Waals surface area contributed by atoms with Crippen LogP contribution in [0.3, 0.4) is 0 Å². The lowest BCUT2D eigenvalue weighted by Gasteiger charge is -2.29. The molecule has 0 aliphatic heterocycles. The van der Waals surface area contributed by atoms with Crippen LogP contribution in [0.4, 0.5) is 0 Å². The number of nitrogens with one attached hydrogen (secondary N) is 1. The molecule has 0 aromatic heterocycles. The summed E-state index contributed by atoms with van der Waals surface area (Å²) in [5.74, 6) is 0.866. The molecule has 1 rings (SSSR count). The lowest BCUT2D eigenvalue weighted by molar-refractivity contribution is 0.234. The van der Waals surface area contributed by atoms with E-state index in [4.69, 9.17) is 5.11 Å². The summed E-state index contributed by atoms with van der Waals surface area (Å²) in [6.07, 6.45) is 9.09. The Bertz CT molecular complexity index is 121. The molecule has 2 heteroatoms. The summed E-state index contributed by atoms with van der Waals surface area (Å²) >= 11 is 0. The summed E-state index contributed by atoms with van der Waals surface area (Å²) < 4.78 is 0. The molecule has 0 bridgehead atoms. The highest BCUT2D eigenvalue weighted by molar-refractivity contribution is 4.77. The molecule has 1 fully saturated rings. The molecule has 1 aliphatic carbocycles. The van der Waals surface area contributed by atoms with E-state index in [-0.39, 0.29) is 0 Å². The molecular weight excluding hydrogens is 162 g/mol. The molecule has 0 radical (unpaired) electrons. The van der Waals surface area contributed by atoms with Crippen molar-refractivity contribution in [2.75, 3.05) is 13.7 Å². The highest BCUT2D eigenvalue weighted by atomic mass is 16.2. The minimum absolute atomic E-state index is 0.338. The van der Waals surface area contributed by atoms with Crippen molar-refractivity contribution >= 4 is 0 Å². The zero-order chi connectivity index (χ0) is 9.52. The summed E-state index contributed by atoms with van der Waals surface area (Å²) in [5, 5.41) is 12.2. The van der Waals surface area contributed by atoms with Crippen molar-refractivity contribution in [3.8, 4) is 0 Å². The maximum Gasteiger partial charge on any atom is 0.0431 e. The van der Waals surface area contributed by atoms with Gasteiger partial charge in [0.1, 0.15) is 0 Å². The summed E-state index contributed by atoms with van der Waals surface area (Å²) in [7, 11) is 2.05. The first kappa shape index (κ1) is 11.0. The Morgan fingerprint density at radius 3 is 2.54 bits per heavy atom. The van der Waals surface area contributed by atoms with Gasteiger partial charge in [0.2, 0.25) is 0 Å². The number of hydrogen-bond acceptors (Lipinski definition) is 2. The van der Waals surface area contributed by atoms with Gasteiger partial charge in [-0.15, -0.1) is 0 Å². The maximum absolute atomic E-state index is 8.78. The van der Waals surface area contributed by atoms with Crippen molar-refractivity contribution in [3.63, 3.8) is 0 Å². The van der Waals surface area contributed by atoms with Crippen LogP contribution >= 0.6 is 0 Å². The van der Waals surface area contributed by atoms with E-state index in [0.717, 1.165) is 18.8 Å². The Labute approximate surface area is 81.7 Å². The fourth-order valence-corrected chi connectivity index (χ4v) is 2.46. The number of aliphatic hydroxyl groups excluding tert-OH is 1. The molecule has 0 saturated heterocycles. The van der Waals surface area contributed by atoms with Gasteiger partial charge in [0.25, 0.3) is 0 Å². The van der Waals surface area contributed by atoms with Gasteiger partial charge < -0.3 is 10.4 Å². The molecule has 1 aliphatic rings. The van der Waals surface area contributed by atoms with Crippen molar-refractivity contribution in [1.82, 2.24) is 5.32 Å². The van der Waals surface area contributed by atoms with E-state index in [1.807, 2.05) is 0 Å². The zero-order valence-corrected chi connectivity index (χ0v) is 8.76. The molecule has 0 spiro atoms. The Morgan fingerprint density at radius 1 is 1.31 bits per heavy atom. The SMILES string of the molecule is CNC(CCCO)C1CCCCC1. The lowest BCUT2D eigenvalue weighted by Crippen LogP contribution is -2.34. The van der Waals surface area contributed by atoms with Crippen LogP contribution in [-0.4, -0.2) is 24.8 Å². The Morgan fingerprint density at radius 2 is 2.00 bits per heavy atom. The standard InChI is InChI=1S/C11H23NO/c1-12-11(8-5-9-13)10-6-3-2-4-7-10/h10-13H,2-9H2,1H3. The van der Waals surface area contributed by atoms with Crippen LogP contribution in [0.1, 0.15) is 44.9 Å². The van der Waals surface area contributed by atoms with Gasteiger partial charge in [-0.05, 0) is 38.6 Å². The summed E-state index contributed by atoms with van der Waals surface area (Å²) in [6.45, 7) is 0.338. The largest absolute Gasteiger partial charge is 0.396 e. The second kappa shape index (κ2) is 6.39. The first-order chi connectivity index (χ1) is 6.38. The van der Waals surface area contributed by atoms with Gasteiger partial charge in [0, 0.05) is 12.6 Å². The van der Waals surface area contributed by atoms with Gasteiger partial charge in [-0.2, -0.15) is 0 Å². The fraction of sp³-hybridized carbons (Fsp3) is 1.00. The van der Waals surface area contributed by atoms with Crippen molar-refractivity contribution in [3.05, 3.63) is 0 Å². The summed E-state index contributed by atoms with van der Waals surface area (Å²) in [6, 6.07) is 0.646. The number of aliphatic hydroxyl groups is 1. The highest BCUT2D eigenvalue weighted by Crippen LogP contribution is 2.27. The van der Waals surface area contributed by atoms with Crippen LogP contribution in [0.5, 0.6) is 0 Å². The minimum Gasteiger partial charge on any atom is -0.396 e. The first-order valence-corrected chi connectivity index (χ1v) is 5.66. The summed E-state index contributed by atoms with van der Waals surface area (Å²) in [5.41, 5.74) is 0. The molecule has 0 heterocycles. The third-order valence-corrected chi connectivity index (χ3v) is 3.26. The normalized spacial score (nSPS) is 21.7. The molecule has 0 aromatic carbocycles. The van der Waals surface area contributed by atoms with E-state index in [1.54, 1.807) is 0 Å². The number of hydrogen-bond donors (Lipinski definition) is 2. The Kier molecular flexibility index (Phi) is 5.40. The van der Waals surface area contributed by atoms with Crippen molar-refractivity contribution in [2.45, 2.75) is 51.0 Å². The van der Waals surface area contributed by atoms with Crippen molar-refractivity contribution in [2.24, 2.45) is 5.92 Å². The predicted octanol–water partition coefficient (Wildman–Crippen LogP) is 1.93. The lowest BCUT2D eigenvalue weighted by atomic mass is 9.82. The third kappa shape index (κ3) is 3.65. The second-order valence-electron chi connectivity index (χ2n) is 4.16. The van der Waals surface area contributed by atoms with Crippen LogP contribution in [0.2, 0.25) is 0 Å². The van der Waals surface area contributed by atoms with Gasteiger partial charge in [0.15, 0.2) is 0 Å². The molecule has 2 N–H and O–H groups in total. The molecule has 2 nitrogen and oxygen atoms in total. The van der Waals surface area contributed by atoms with E-state index >= 15 is 0 Å². The molecule has 1 atom stereocenters. The van der Waals surface area contributed by atoms with E-state index in [2.05, 4.69) is 12.4 Å². The quantitative estimate of drug-likeness (QED) is 0.686. The number of rotatable bonds is 5. The highest BCUT2D eigenvalue weighted by Gasteiger charge is 2.21. The van der Waals surface area contributed by atoms with Crippen molar-refractivity contribution < 1.29 is 5.11 Å². The molecule has 0 aromatic rings. The Balaban J connectivity index is 2.26. The van der Waals surface area contributed by atoms with Gasteiger partial charge in [-0.3, -0.25) is 0 Å². The van der Waals surface area contributed by atoms with Crippen LogP contribution in [0.25, 0.3) is 0 Å². The van der Waals surface area contributed by atoms with Crippen LogP contribution < -0.4 is 5.32 Å². The van der Waals surface area contributed by atoms with E-state index in [0.29, 0.717) is 12.6 Å². The second-order valence-corrected chi connectivity index (χ2v) is 4.16. The third-order valence-electron chi connectivity index (χ3n) is 3.26. The van der Waals surface area contributed by atoms with Gasteiger partial charge in [0.05, 0.1) is 0 Å². The first-order valence-electron chi connectivity index (χ1n) is 5.66. The monoisotopic (exact) mass is 185 g/mol.